The Bertz CT molecular complexity index is 276. The van der Waals surface area contributed by atoms with E-state index in [2.05, 4.69) is 0 Å². The van der Waals surface area contributed by atoms with Crippen LogP contribution in [-0.2, 0) is 11.3 Å². The maximum absolute atomic E-state index is 9.43. The van der Waals surface area contributed by atoms with Gasteiger partial charge in [-0.2, -0.15) is 0 Å². The molecule has 0 bridgehead atoms. The number of hydrogen-bond donors (Lipinski definition) is 3. The summed E-state index contributed by atoms with van der Waals surface area (Å²) in [6.07, 6.45) is -1.49. The lowest BCUT2D eigenvalue weighted by atomic mass is 10.2. The van der Waals surface area contributed by atoms with Crippen molar-refractivity contribution in [1.29, 1.82) is 0 Å². The second-order valence-electron chi connectivity index (χ2n) is 3.73. The minimum Gasteiger partial charge on any atom is -0.394 e. The molecule has 0 amide bonds. The summed E-state index contributed by atoms with van der Waals surface area (Å²) in [7, 11) is 0. The third kappa shape index (κ3) is 5.23. The predicted octanol–water partition coefficient (Wildman–Crippen LogP) is 0.307. The average molecular weight is 226 g/mol. The van der Waals surface area contributed by atoms with Crippen LogP contribution in [0.4, 0.5) is 0 Å². The van der Waals surface area contributed by atoms with E-state index in [1.807, 2.05) is 30.3 Å². The number of rotatable bonds is 7. The van der Waals surface area contributed by atoms with Crippen molar-refractivity contribution in [2.45, 2.75) is 25.2 Å². The molecule has 4 heteroatoms. The fourth-order valence-corrected chi connectivity index (χ4v) is 1.34. The van der Waals surface area contributed by atoms with E-state index in [1.165, 1.54) is 0 Å². The van der Waals surface area contributed by atoms with E-state index in [0.717, 1.165) is 5.56 Å². The lowest BCUT2D eigenvalue weighted by Gasteiger charge is -2.14. The molecule has 0 fully saturated rings. The van der Waals surface area contributed by atoms with E-state index in [9.17, 15) is 5.11 Å². The van der Waals surface area contributed by atoms with Crippen molar-refractivity contribution in [2.75, 3.05) is 13.2 Å². The van der Waals surface area contributed by atoms with Gasteiger partial charge in [-0.25, -0.2) is 0 Å². The highest BCUT2D eigenvalue weighted by atomic mass is 16.5. The van der Waals surface area contributed by atoms with Crippen LogP contribution < -0.4 is 0 Å². The Morgan fingerprint density at radius 3 is 2.38 bits per heavy atom. The molecule has 0 radical (unpaired) electrons. The Labute approximate surface area is 95.1 Å². The average Bonchev–Trinajstić information content (AvgIpc) is 2.30. The molecule has 90 valence electrons. The van der Waals surface area contributed by atoms with Crippen LogP contribution in [0, 0.1) is 0 Å². The fourth-order valence-electron chi connectivity index (χ4n) is 1.34. The Hall–Kier alpha value is -0.940. The van der Waals surface area contributed by atoms with Crippen LogP contribution in [-0.4, -0.2) is 40.7 Å². The lowest BCUT2D eigenvalue weighted by Crippen LogP contribution is -2.24. The Kier molecular flexibility index (Phi) is 6.03. The molecule has 0 aliphatic carbocycles. The van der Waals surface area contributed by atoms with E-state index in [0.29, 0.717) is 6.61 Å². The molecule has 0 heterocycles. The van der Waals surface area contributed by atoms with Crippen molar-refractivity contribution in [3.63, 3.8) is 0 Å². The van der Waals surface area contributed by atoms with Crippen molar-refractivity contribution >= 4 is 0 Å². The molecule has 1 aromatic carbocycles. The molecule has 0 aliphatic rings. The summed E-state index contributed by atoms with van der Waals surface area (Å²) in [6, 6.07) is 9.65. The highest BCUT2D eigenvalue weighted by Crippen LogP contribution is 2.03. The Morgan fingerprint density at radius 1 is 1.06 bits per heavy atom. The summed E-state index contributed by atoms with van der Waals surface area (Å²) in [5, 5.41) is 27.1. The predicted molar refractivity (Wildman–Crippen MR) is 59.8 cm³/mol. The van der Waals surface area contributed by atoms with Gasteiger partial charge in [-0.05, 0) is 5.56 Å². The summed E-state index contributed by atoms with van der Waals surface area (Å²) in [4.78, 5) is 0. The second-order valence-corrected chi connectivity index (χ2v) is 3.73. The van der Waals surface area contributed by atoms with Crippen molar-refractivity contribution in [2.24, 2.45) is 0 Å². The van der Waals surface area contributed by atoms with Gasteiger partial charge in [0.05, 0.1) is 32.0 Å². The monoisotopic (exact) mass is 226 g/mol. The third-order valence-electron chi connectivity index (χ3n) is 2.18. The SMILES string of the molecule is OC[C@H](O)C[C@@H](O)COCc1ccccc1. The number of aliphatic hydroxyl groups is 3. The van der Waals surface area contributed by atoms with Crippen LogP contribution in [0.25, 0.3) is 0 Å². The van der Waals surface area contributed by atoms with Crippen molar-refractivity contribution in [1.82, 2.24) is 0 Å². The van der Waals surface area contributed by atoms with Crippen molar-refractivity contribution < 1.29 is 20.1 Å². The number of hydrogen-bond acceptors (Lipinski definition) is 4. The molecule has 3 N–H and O–H groups in total. The topological polar surface area (TPSA) is 69.9 Å². The fraction of sp³-hybridized carbons (Fsp3) is 0.500. The molecule has 0 aliphatic heterocycles. The van der Waals surface area contributed by atoms with E-state index in [-0.39, 0.29) is 19.6 Å². The first kappa shape index (κ1) is 13.1. The summed E-state index contributed by atoms with van der Waals surface area (Å²) in [5.74, 6) is 0. The van der Waals surface area contributed by atoms with Gasteiger partial charge in [-0.15, -0.1) is 0 Å². The summed E-state index contributed by atoms with van der Waals surface area (Å²) >= 11 is 0. The van der Waals surface area contributed by atoms with E-state index in [1.54, 1.807) is 0 Å². The summed E-state index contributed by atoms with van der Waals surface area (Å²) < 4.78 is 5.28. The molecular weight excluding hydrogens is 208 g/mol. The zero-order chi connectivity index (χ0) is 11.8. The van der Waals surface area contributed by atoms with Crippen molar-refractivity contribution in [3.8, 4) is 0 Å². The van der Waals surface area contributed by atoms with Crippen LogP contribution in [0.5, 0.6) is 0 Å². The molecule has 4 nitrogen and oxygen atoms in total. The summed E-state index contributed by atoms with van der Waals surface area (Å²) in [6.45, 7) is 0.259. The smallest absolute Gasteiger partial charge is 0.0799 e. The quantitative estimate of drug-likeness (QED) is 0.625. The summed E-state index contributed by atoms with van der Waals surface area (Å²) in [5.41, 5.74) is 1.04. The van der Waals surface area contributed by atoms with Gasteiger partial charge < -0.3 is 20.1 Å². The lowest BCUT2D eigenvalue weighted by molar-refractivity contribution is -0.0106. The molecule has 0 saturated carbocycles. The van der Waals surface area contributed by atoms with Gasteiger partial charge in [0.15, 0.2) is 0 Å². The molecule has 16 heavy (non-hydrogen) atoms. The molecule has 0 unspecified atom stereocenters. The highest BCUT2D eigenvalue weighted by Gasteiger charge is 2.10. The van der Waals surface area contributed by atoms with Crippen molar-refractivity contribution in [3.05, 3.63) is 35.9 Å². The molecule has 0 saturated heterocycles. The van der Waals surface area contributed by atoms with Gasteiger partial charge in [-0.3, -0.25) is 0 Å². The standard InChI is InChI=1S/C12H18O4/c13-7-11(14)6-12(15)9-16-8-10-4-2-1-3-5-10/h1-5,11-15H,6-9H2/t11-,12-/m1/s1. The molecule has 1 aromatic rings. The molecule has 2 atom stereocenters. The maximum atomic E-state index is 9.43. The first-order valence-electron chi connectivity index (χ1n) is 5.31. The zero-order valence-electron chi connectivity index (χ0n) is 9.12. The van der Waals surface area contributed by atoms with Crippen LogP contribution in [0.1, 0.15) is 12.0 Å². The van der Waals surface area contributed by atoms with Gasteiger partial charge in [0, 0.05) is 6.42 Å². The van der Waals surface area contributed by atoms with Gasteiger partial charge >= 0.3 is 0 Å². The number of ether oxygens (including phenoxy) is 1. The molecular formula is C12H18O4. The van der Waals surface area contributed by atoms with Crippen LogP contribution in [0.2, 0.25) is 0 Å². The minimum atomic E-state index is -0.879. The van der Waals surface area contributed by atoms with E-state index in [4.69, 9.17) is 14.9 Å². The van der Waals surface area contributed by atoms with E-state index >= 15 is 0 Å². The van der Waals surface area contributed by atoms with E-state index < -0.39 is 12.2 Å². The maximum Gasteiger partial charge on any atom is 0.0799 e. The first-order chi connectivity index (χ1) is 7.72. The molecule has 0 aromatic heterocycles. The second kappa shape index (κ2) is 7.35. The zero-order valence-corrected chi connectivity index (χ0v) is 9.12. The first-order valence-corrected chi connectivity index (χ1v) is 5.31. The largest absolute Gasteiger partial charge is 0.394 e. The molecule has 1 rings (SSSR count). The van der Waals surface area contributed by atoms with Crippen LogP contribution >= 0.6 is 0 Å². The Morgan fingerprint density at radius 2 is 1.75 bits per heavy atom. The van der Waals surface area contributed by atoms with Gasteiger partial charge in [0.2, 0.25) is 0 Å². The molecule has 0 spiro atoms. The van der Waals surface area contributed by atoms with Gasteiger partial charge in [-0.1, -0.05) is 30.3 Å². The number of aliphatic hydroxyl groups excluding tert-OH is 3. The third-order valence-corrected chi connectivity index (χ3v) is 2.18. The Balaban J connectivity index is 2.15. The number of benzene rings is 1. The van der Waals surface area contributed by atoms with Gasteiger partial charge in [0.1, 0.15) is 0 Å². The van der Waals surface area contributed by atoms with Crippen LogP contribution in [0.15, 0.2) is 30.3 Å². The van der Waals surface area contributed by atoms with Gasteiger partial charge in [0.25, 0.3) is 0 Å². The van der Waals surface area contributed by atoms with Crippen LogP contribution in [0.3, 0.4) is 0 Å². The highest BCUT2D eigenvalue weighted by molar-refractivity contribution is 5.13. The minimum absolute atomic E-state index is 0.130. The normalized spacial score (nSPS) is 14.7.